The molecule has 0 aliphatic rings. The van der Waals surface area contributed by atoms with Gasteiger partial charge in [0.05, 0.1) is 24.4 Å². The molecule has 0 aromatic carbocycles. The molecule has 0 atom stereocenters. The maximum atomic E-state index is 11.9. The monoisotopic (exact) mass is 250 g/mol. The molecule has 0 radical (unpaired) electrons. The number of carbonyl (C=O) groups is 1. The minimum Gasteiger partial charge on any atom is -0.330 e. The van der Waals surface area contributed by atoms with Crippen molar-refractivity contribution in [1.82, 2.24) is 14.5 Å². The van der Waals surface area contributed by atoms with Gasteiger partial charge in [0.15, 0.2) is 0 Å². The predicted molar refractivity (Wildman–Crippen MR) is 65.1 cm³/mol. The van der Waals surface area contributed by atoms with Crippen molar-refractivity contribution in [3.63, 3.8) is 0 Å². The van der Waals surface area contributed by atoms with Crippen LogP contribution in [0.5, 0.6) is 0 Å². The second-order valence-electron chi connectivity index (χ2n) is 3.68. The van der Waals surface area contributed by atoms with E-state index in [1.807, 2.05) is 6.92 Å². The minimum absolute atomic E-state index is 0.228. The SMILES string of the molecule is Cc1cc(NC(=O)c2cncn2C)cnc1Cl. The van der Waals surface area contributed by atoms with E-state index in [9.17, 15) is 4.79 Å². The van der Waals surface area contributed by atoms with Crippen molar-refractivity contribution in [1.29, 1.82) is 0 Å². The minimum atomic E-state index is -0.228. The van der Waals surface area contributed by atoms with E-state index in [2.05, 4.69) is 15.3 Å². The molecule has 0 aliphatic carbocycles. The van der Waals surface area contributed by atoms with Gasteiger partial charge in [-0.25, -0.2) is 9.97 Å². The number of rotatable bonds is 2. The molecule has 0 aliphatic heterocycles. The molecule has 1 N–H and O–H groups in total. The number of nitrogens with zero attached hydrogens (tertiary/aromatic N) is 3. The summed E-state index contributed by atoms with van der Waals surface area (Å²) in [6.07, 6.45) is 4.59. The van der Waals surface area contributed by atoms with Crippen LogP contribution in [0.3, 0.4) is 0 Å². The lowest BCUT2D eigenvalue weighted by atomic mass is 10.3. The topological polar surface area (TPSA) is 59.8 Å². The summed E-state index contributed by atoms with van der Waals surface area (Å²) >= 11 is 5.80. The van der Waals surface area contributed by atoms with Crippen LogP contribution in [0.2, 0.25) is 5.15 Å². The molecule has 2 rings (SSSR count). The van der Waals surface area contributed by atoms with Crippen molar-refractivity contribution in [2.45, 2.75) is 6.92 Å². The Morgan fingerprint density at radius 2 is 2.24 bits per heavy atom. The number of aromatic nitrogens is 3. The van der Waals surface area contributed by atoms with E-state index in [0.29, 0.717) is 16.5 Å². The summed E-state index contributed by atoms with van der Waals surface area (Å²) in [6.45, 7) is 1.83. The highest BCUT2D eigenvalue weighted by molar-refractivity contribution is 6.30. The summed E-state index contributed by atoms with van der Waals surface area (Å²) in [5, 5.41) is 3.17. The Labute approximate surface area is 103 Å². The zero-order valence-corrected chi connectivity index (χ0v) is 10.2. The van der Waals surface area contributed by atoms with Gasteiger partial charge in [0, 0.05) is 7.05 Å². The molecule has 17 heavy (non-hydrogen) atoms. The number of hydrogen-bond acceptors (Lipinski definition) is 3. The van der Waals surface area contributed by atoms with E-state index in [-0.39, 0.29) is 5.91 Å². The fourth-order valence-electron chi connectivity index (χ4n) is 1.40. The van der Waals surface area contributed by atoms with Crippen LogP contribution >= 0.6 is 11.6 Å². The zero-order valence-electron chi connectivity index (χ0n) is 9.44. The van der Waals surface area contributed by atoms with Crippen LogP contribution < -0.4 is 5.32 Å². The normalized spacial score (nSPS) is 10.3. The molecule has 0 saturated heterocycles. The van der Waals surface area contributed by atoms with Gasteiger partial charge in [0.25, 0.3) is 5.91 Å². The number of carbonyl (C=O) groups excluding carboxylic acids is 1. The first-order valence-electron chi connectivity index (χ1n) is 4.98. The van der Waals surface area contributed by atoms with E-state index in [1.165, 1.54) is 12.4 Å². The fraction of sp³-hybridized carbons (Fsp3) is 0.182. The third-order valence-electron chi connectivity index (χ3n) is 2.32. The average molecular weight is 251 g/mol. The van der Waals surface area contributed by atoms with E-state index in [0.717, 1.165) is 5.56 Å². The van der Waals surface area contributed by atoms with Crippen molar-refractivity contribution in [3.05, 3.63) is 41.2 Å². The third kappa shape index (κ3) is 2.45. The molecule has 0 bridgehead atoms. The first-order valence-corrected chi connectivity index (χ1v) is 5.35. The van der Waals surface area contributed by atoms with E-state index in [1.54, 1.807) is 24.0 Å². The highest BCUT2D eigenvalue weighted by Crippen LogP contribution is 2.16. The molecule has 0 fully saturated rings. The Bertz CT molecular complexity index is 564. The van der Waals surface area contributed by atoms with Crippen LogP contribution in [0.4, 0.5) is 5.69 Å². The first-order chi connectivity index (χ1) is 8.08. The van der Waals surface area contributed by atoms with Crippen molar-refractivity contribution < 1.29 is 4.79 Å². The summed E-state index contributed by atoms with van der Waals surface area (Å²) in [5.41, 5.74) is 1.91. The maximum absolute atomic E-state index is 11.9. The van der Waals surface area contributed by atoms with Crippen LogP contribution in [-0.4, -0.2) is 20.4 Å². The molecular formula is C11H11ClN4O. The van der Waals surface area contributed by atoms with E-state index >= 15 is 0 Å². The standard InChI is InChI=1S/C11H11ClN4O/c1-7-3-8(4-14-10(7)12)15-11(17)9-5-13-6-16(9)2/h3-6H,1-2H3,(H,15,17). The van der Waals surface area contributed by atoms with Gasteiger partial charge in [0.2, 0.25) is 0 Å². The number of aryl methyl sites for hydroxylation is 2. The van der Waals surface area contributed by atoms with Crippen molar-refractivity contribution >= 4 is 23.2 Å². The van der Waals surface area contributed by atoms with E-state index in [4.69, 9.17) is 11.6 Å². The number of anilines is 1. The fourth-order valence-corrected chi connectivity index (χ4v) is 1.50. The van der Waals surface area contributed by atoms with Gasteiger partial charge in [-0.2, -0.15) is 0 Å². The number of pyridine rings is 1. The molecule has 6 heteroatoms. The summed E-state index contributed by atoms with van der Waals surface area (Å²) < 4.78 is 1.64. The van der Waals surface area contributed by atoms with Crippen LogP contribution in [0.25, 0.3) is 0 Å². The van der Waals surface area contributed by atoms with Crippen LogP contribution in [-0.2, 0) is 7.05 Å². The quantitative estimate of drug-likeness (QED) is 0.830. The van der Waals surface area contributed by atoms with Gasteiger partial charge in [0.1, 0.15) is 10.8 Å². The second-order valence-corrected chi connectivity index (χ2v) is 4.03. The smallest absolute Gasteiger partial charge is 0.273 e. The molecule has 0 unspecified atom stereocenters. The molecule has 88 valence electrons. The number of hydrogen-bond donors (Lipinski definition) is 1. The van der Waals surface area contributed by atoms with Gasteiger partial charge in [-0.3, -0.25) is 4.79 Å². The summed E-state index contributed by atoms with van der Waals surface area (Å²) in [4.78, 5) is 19.7. The lowest BCUT2D eigenvalue weighted by molar-refractivity contribution is 0.101. The van der Waals surface area contributed by atoms with Crippen molar-refractivity contribution in [2.24, 2.45) is 7.05 Å². The maximum Gasteiger partial charge on any atom is 0.273 e. The summed E-state index contributed by atoms with van der Waals surface area (Å²) in [5.74, 6) is -0.228. The lowest BCUT2D eigenvalue weighted by Crippen LogP contribution is -2.15. The number of halogens is 1. The summed E-state index contributed by atoms with van der Waals surface area (Å²) in [7, 11) is 1.76. The van der Waals surface area contributed by atoms with Crippen molar-refractivity contribution in [3.8, 4) is 0 Å². The molecule has 2 heterocycles. The molecule has 2 aromatic heterocycles. The Kier molecular flexibility index (Phi) is 3.10. The first kappa shape index (κ1) is 11.6. The second kappa shape index (κ2) is 4.55. The average Bonchev–Trinajstić information content (AvgIpc) is 2.70. The Hall–Kier alpha value is -1.88. The Morgan fingerprint density at radius 1 is 1.47 bits per heavy atom. The Balaban J connectivity index is 2.19. The lowest BCUT2D eigenvalue weighted by Gasteiger charge is -2.06. The van der Waals surface area contributed by atoms with Gasteiger partial charge >= 0.3 is 0 Å². The highest BCUT2D eigenvalue weighted by atomic mass is 35.5. The molecule has 0 spiro atoms. The highest BCUT2D eigenvalue weighted by Gasteiger charge is 2.10. The molecule has 5 nitrogen and oxygen atoms in total. The van der Waals surface area contributed by atoms with Crippen LogP contribution in [0.15, 0.2) is 24.8 Å². The van der Waals surface area contributed by atoms with Crippen molar-refractivity contribution in [2.75, 3.05) is 5.32 Å². The van der Waals surface area contributed by atoms with Gasteiger partial charge < -0.3 is 9.88 Å². The van der Waals surface area contributed by atoms with Gasteiger partial charge in [-0.1, -0.05) is 11.6 Å². The zero-order chi connectivity index (χ0) is 12.4. The van der Waals surface area contributed by atoms with Crippen LogP contribution in [0, 0.1) is 6.92 Å². The number of amides is 1. The third-order valence-corrected chi connectivity index (χ3v) is 2.72. The Morgan fingerprint density at radius 3 is 2.82 bits per heavy atom. The largest absolute Gasteiger partial charge is 0.330 e. The predicted octanol–water partition coefficient (Wildman–Crippen LogP) is 2.03. The molecule has 1 amide bonds. The summed E-state index contributed by atoms with van der Waals surface area (Å²) in [6, 6.07) is 1.77. The molecular weight excluding hydrogens is 240 g/mol. The van der Waals surface area contributed by atoms with Gasteiger partial charge in [-0.15, -0.1) is 0 Å². The molecule has 2 aromatic rings. The van der Waals surface area contributed by atoms with Gasteiger partial charge in [-0.05, 0) is 18.6 Å². The molecule has 0 saturated carbocycles. The van der Waals surface area contributed by atoms with Crippen LogP contribution in [0.1, 0.15) is 16.1 Å². The van der Waals surface area contributed by atoms with E-state index < -0.39 is 0 Å². The number of imidazole rings is 1. The number of nitrogens with one attached hydrogen (secondary N) is 1.